The van der Waals surface area contributed by atoms with Crippen LogP contribution in [-0.4, -0.2) is 28.6 Å². The summed E-state index contributed by atoms with van der Waals surface area (Å²) in [4.78, 5) is 9.88. The summed E-state index contributed by atoms with van der Waals surface area (Å²) in [5.41, 5.74) is 1.30. The Labute approximate surface area is 186 Å². The highest BCUT2D eigenvalue weighted by molar-refractivity contribution is 14.0. The van der Waals surface area contributed by atoms with Gasteiger partial charge in [0.05, 0.1) is 18.6 Å². The van der Waals surface area contributed by atoms with E-state index >= 15 is 0 Å². The predicted molar refractivity (Wildman–Crippen MR) is 124 cm³/mol. The highest BCUT2D eigenvalue weighted by Crippen LogP contribution is 2.19. The van der Waals surface area contributed by atoms with Crippen molar-refractivity contribution in [2.45, 2.75) is 26.3 Å². The third-order valence-corrected chi connectivity index (χ3v) is 5.27. The Hall–Kier alpha value is -1.94. The van der Waals surface area contributed by atoms with Crippen LogP contribution < -0.4 is 10.6 Å². The number of imidazole rings is 1. The topological polar surface area (TPSA) is 54.2 Å². The number of halogens is 2. The van der Waals surface area contributed by atoms with Gasteiger partial charge in [-0.3, -0.25) is 0 Å². The second kappa shape index (κ2) is 11.2. The molecule has 0 spiro atoms. The number of hydrogen-bond donors (Lipinski definition) is 2. The van der Waals surface area contributed by atoms with E-state index in [4.69, 9.17) is 0 Å². The third-order valence-electron chi connectivity index (χ3n) is 4.16. The fourth-order valence-electron chi connectivity index (χ4n) is 2.69. The number of nitrogens with zero attached hydrogens (tertiary/aromatic N) is 3. The minimum absolute atomic E-state index is 0. The van der Waals surface area contributed by atoms with E-state index in [0.717, 1.165) is 24.6 Å². The van der Waals surface area contributed by atoms with Crippen molar-refractivity contribution in [3.8, 4) is 5.69 Å². The van der Waals surface area contributed by atoms with E-state index in [1.54, 1.807) is 40.7 Å². The predicted octanol–water partition coefficient (Wildman–Crippen LogP) is 4.55. The molecule has 0 aliphatic heterocycles. The second-order valence-corrected chi connectivity index (χ2v) is 7.23. The molecule has 3 aromatic rings. The van der Waals surface area contributed by atoms with Gasteiger partial charge < -0.3 is 15.2 Å². The van der Waals surface area contributed by atoms with E-state index in [1.807, 2.05) is 13.0 Å². The van der Waals surface area contributed by atoms with Crippen LogP contribution in [0.5, 0.6) is 0 Å². The molecule has 2 heterocycles. The number of thiophene rings is 1. The van der Waals surface area contributed by atoms with Crippen molar-refractivity contribution in [2.75, 3.05) is 13.1 Å². The van der Waals surface area contributed by atoms with E-state index in [-0.39, 0.29) is 29.8 Å². The maximum Gasteiger partial charge on any atom is 0.191 e. The Balaban J connectivity index is 0.00000280. The van der Waals surface area contributed by atoms with Gasteiger partial charge in [0, 0.05) is 36.3 Å². The summed E-state index contributed by atoms with van der Waals surface area (Å²) >= 11 is 1.76. The highest BCUT2D eigenvalue weighted by atomic mass is 127. The van der Waals surface area contributed by atoms with E-state index in [2.05, 4.69) is 45.0 Å². The molecule has 0 aliphatic rings. The number of hydrogen-bond acceptors (Lipinski definition) is 3. The first-order valence-electron chi connectivity index (χ1n) is 8.99. The molecular weight excluding hydrogens is 488 g/mol. The van der Waals surface area contributed by atoms with Crippen LogP contribution in [0.4, 0.5) is 4.39 Å². The van der Waals surface area contributed by atoms with Gasteiger partial charge in [-0.1, -0.05) is 19.1 Å². The van der Waals surface area contributed by atoms with Crippen LogP contribution in [0.25, 0.3) is 5.69 Å². The van der Waals surface area contributed by atoms with Crippen molar-refractivity contribution in [1.82, 2.24) is 20.2 Å². The van der Waals surface area contributed by atoms with E-state index in [9.17, 15) is 4.39 Å². The Bertz CT molecular complexity index is 865. The first-order valence-corrected chi connectivity index (χ1v) is 9.87. The van der Waals surface area contributed by atoms with Gasteiger partial charge in [0.15, 0.2) is 5.96 Å². The highest BCUT2D eigenvalue weighted by Gasteiger charge is 2.08. The molecule has 0 radical (unpaired) electrons. The van der Waals surface area contributed by atoms with Gasteiger partial charge >= 0.3 is 0 Å². The van der Waals surface area contributed by atoms with E-state index < -0.39 is 0 Å². The van der Waals surface area contributed by atoms with Gasteiger partial charge in [0.1, 0.15) is 5.82 Å². The van der Waals surface area contributed by atoms with Crippen molar-refractivity contribution in [1.29, 1.82) is 0 Å². The van der Waals surface area contributed by atoms with Gasteiger partial charge in [-0.25, -0.2) is 14.4 Å². The number of aromatic nitrogens is 2. The molecule has 3 rings (SSSR count). The summed E-state index contributed by atoms with van der Waals surface area (Å²) in [5, 5.41) is 8.70. The molecule has 150 valence electrons. The molecule has 1 atom stereocenters. The lowest BCUT2D eigenvalue weighted by Gasteiger charge is -2.15. The maximum atomic E-state index is 14.4. The molecule has 0 amide bonds. The van der Waals surface area contributed by atoms with Crippen LogP contribution in [-0.2, 0) is 6.54 Å². The Kier molecular flexibility index (Phi) is 8.91. The van der Waals surface area contributed by atoms with Gasteiger partial charge in [0.2, 0.25) is 0 Å². The Morgan fingerprint density at radius 1 is 1.32 bits per heavy atom. The third kappa shape index (κ3) is 6.03. The molecule has 0 bridgehead atoms. The molecule has 0 saturated heterocycles. The van der Waals surface area contributed by atoms with Crippen LogP contribution in [0.1, 0.15) is 30.2 Å². The Morgan fingerprint density at radius 2 is 2.18 bits per heavy atom. The average molecular weight is 513 g/mol. The molecule has 2 aromatic heterocycles. The molecule has 0 fully saturated rings. The van der Waals surface area contributed by atoms with Crippen LogP contribution in [0.3, 0.4) is 0 Å². The van der Waals surface area contributed by atoms with Crippen LogP contribution in [0, 0.1) is 5.82 Å². The standard InChI is InChI=1S/C20H24FN5S.HI/c1-3-23-20(24-12-15(2)19-5-4-10-27-19)25-13-16-6-7-18(17(21)11-16)26-9-8-22-14-26;/h4-11,14-15H,3,12-13H2,1-2H3,(H2,23,24,25);1H. The largest absolute Gasteiger partial charge is 0.357 e. The van der Waals surface area contributed by atoms with Crippen molar-refractivity contribution >= 4 is 41.3 Å². The van der Waals surface area contributed by atoms with Gasteiger partial charge in [-0.05, 0) is 36.1 Å². The van der Waals surface area contributed by atoms with Gasteiger partial charge in [-0.15, -0.1) is 35.3 Å². The van der Waals surface area contributed by atoms with Crippen molar-refractivity contribution in [2.24, 2.45) is 4.99 Å². The lowest BCUT2D eigenvalue weighted by atomic mass is 10.1. The maximum absolute atomic E-state index is 14.4. The van der Waals surface area contributed by atoms with Gasteiger partial charge in [-0.2, -0.15) is 0 Å². The molecule has 2 N–H and O–H groups in total. The lowest BCUT2D eigenvalue weighted by Crippen LogP contribution is -2.39. The molecule has 1 unspecified atom stereocenters. The fourth-order valence-corrected chi connectivity index (χ4v) is 3.48. The monoisotopic (exact) mass is 513 g/mol. The first kappa shape index (κ1) is 22.4. The number of guanidine groups is 1. The van der Waals surface area contributed by atoms with Gasteiger partial charge in [0.25, 0.3) is 0 Å². The molecular formula is C20H25FIN5S. The molecule has 0 aliphatic carbocycles. The Morgan fingerprint density at radius 3 is 2.82 bits per heavy atom. The lowest BCUT2D eigenvalue weighted by molar-refractivity contribution is 0.615. The van der Waals surface area contributed by atoms with Crippen molar-refractivity contribution in [3.63, 3.8) is 0 Å². The number of nitrogens with one attached hydrogen (secondary N) is 2. The molecule has 5 nitrogen and oxygen atoms in total. The summed E-state index contributed by atoms with van der Waals surface area (Å²) < 4.78 is 16.0. The average Bonchev–Trinajstić information content (AvgIpc) is 3.37. The van der Waals surface area contributed by atoms with Crippen LogP contribution in [0.2, 0.25) is 0 Å². The normalized spacial score (nSPS) is 12.3. The van der Waals surface area contributed by atoms with Crippen molar-refractivity contribution < 1.29 is 4.39 Å². The van der Waals surface area contributed by atoms with E-state index in [0.29, 0.717) is 18.2 Å². The van der Waals surface area contributed by atoms with Crippen molar-refractivity contribution in [3.05, 3.63) is 70.7 Å². The smallest absolute Gasteiger partial charge is 0.191 e. The fraction of sp³-hybridized carbons (Fsp3) is 0.300. The molecule has 28 heavy (non-hydrogen) atoms. The zero-order valence-corrected chi connectivity index (χ0v) is 19.1. The molecule has 1 aromatic carbocycles. The molecule has 8 heteroatoms. The SMILES string of the molecule is CCNC(=NCc1ccc(-n2ccnc2)c(F)c1)NCC(C)c1cccs1.I. The minimum atomic E-state index is -0.287. The number of rotatable bonds is 7. The quantitative estimate of drug-likeness (QED) is 0.277. The second-order valence-electron chi connectivity index (χ2n) is 6.25. The zero-order valence-electron chi connectivity index (χ0n) is 15.9. The number of aliphatic imine (C=N–C) groups is 1. The van der Waals surface area contributed by atoms with E-state index in [1.165, 1.54) is 10.9 Å². The zero-order chi connectivity index (χ0) is 19.1. The van der Waals surface area contributed by atoms with Crippen LogP contribution in [0.15, 0.2) is 59.4 Å². The minimum Gasteiger partial charge on any atom is -0.357 e. The molecule has 0 saturated carbocycles. The summed E-state index contributed by atoms with van der Waals surface area (Å²) in [7, 11) is 0. The summed E-state index contributed by atoms with van der Waals surface area (Å²) in [6, 6.07) is 9.38. The first-order chi connectivity index (χ1) is 13.2. The number of benzene rings is 1. The summed E-state index contributed by atoms with van der Waals surface area (Å²) in [6.45, 7) is 6.18. The summed E-state index contributed by atoms with van der Waals surface area (Å²) in [6.07, 6.45) is 4.93. The van der Waals surface area contributed by atoms with Crippen LogP contribution >= 0.6 is 35.3 Å². The summed E-state index contributed by atoms with van der Waals surface area (Å²) in [5.74, 6) is 0.853.